The summed E-state index contributed by atoms with van der Waals surface area (Å²) < 4.78 is 1.68. The summed E-state index contributed by atoms with van der Waals surface area (Å²) in [7, 11) is 0. The molecule has 8 nitrogen and oxygen atoms in total. The highest BCUT2D eigenvalue weighted by Crippen LogP contribution is 2.14. The topological polar surface area (TPSA) is 101 Å². The van der Waals surface area contributed by atoms with E-state index in [1.165, 1.54) is 0 Å². The molecule has 0 aliphatic rings. The maximum Gasteiger partial charge on any atom is 0.258 e. The van der Waals surface area contributed by atoms with E-state index < -0.39 is 0 Å². The number of fused-ring (bicyclic) bond motifs is 1. The van der Waals surface area contributed by atoms with Gasteiger partial charge in [0.05, 0.1) is 0 Å². The summed E-state index contributed by atoms with van der Waals surface area (Å²) in [6.45, 7) is 0. The van der Waals surface area contributed by atoms with Crippen LogP contribution in [0.4, 0.5) is 11.6 Å². The van der Waals surface area contributed by atoms with Crippen molar-refractivity contribution in [3.63, 3.8) is 0 Å². The summed E-state index contributed by atoms with van der Waals surface area (Å²) in [5.74, 6) is -0.227. The first-order valence-electron chi connectivity index (χ1n) is 8.13. The SMILES string of the molecule is O=C(Nc1ccc(C(=O)Nc2nnc3ccccn23)cc1)c1ccncc1. The van der Waals surface area contributed by atoms with Crippen LogP contribution in [0.3, 0.4) is 0 Å². The molecule has 2 amide bonds. The van der Waals surface area contributed by atoms with Gasteiger partial charge in [-0.3, -0.25) is 24.3 Å². The number of nitrogens with zero attached hydrogens (tertiary/aromatic N) is 4. The zero-order valence-electron chi connectivity index (χ0n) is 14.0. The van der Waals surface area contributed by atoms with Crippen molar-refractivity contribution in [3.05, 3.63) is 84.3 Å². The molecule has 3 heterocycles. The number of carbonyl (C=O) groups is 2. The number of carbonyl (C=O) groups excluding carboxylic acids is 2. The van der Waals surface area contributed by atoms with Crippen LogP contribution in [-0.4, -0.2) is 31.4 Å². The number of benzene rings is 1. The molecule has 8 heteroatoms. The largest absolute Gasteiger partial charge is 0.322 e. The van der Waals surface area contributed by atoms with Crippen molar-refractivity contribution in [2.45, 2.75) is 0 Å². The minimum absolute atomic E-state index is 0.246. The smallest absolute Gasteiger partial charge is 0.258 e. The van der Waals surface area contributed by atoms with Gasteiger partial charge in [0.1, 0.15) is 0 Å². The Morgan fingerprint density at radius 1 is 0.778 bits per heavy atom. The van der Waals surface area contributed by atoms with Gasteiger partial charge in [0.25, 0.3) is 11.8 Å². The normalized spacial score (nSPS) is 10.5. The Hall–Kier alpha value is -4.07. The lowest BCUT2D eigenvalue weighted by Gasteiger charge is -2.07. The van der Waals surface area contributed by atoms with Gasteiger partial charge in [-0.2, -0.15) is 0 Å². The molecule has 0 aliphatic carbocycles. The van der Waals surface area contributed by atoms with Gasteiger partial charge in [-0.1, -0.05) is 6.07 Å². The van der Waals surface area contributed by atoms with Crippen LogP contribution in [0.15, 0.2) is 73.2 Å². The number of pyridine rings is 2. The fraction of sp³-hybridized carbons (Fsp3) is 0. The van der Waals surface area contributed by atoms with Gasteiger partial charge in [0, 0.05) is 35.4 Å². The summed E-state index contributed by atoms with van der Waals surface area (Å²) in [5, 5.41) is 13.5. The Bertz CT molecular complexity index is 1110. The minimum atomic E-state index is -0.319. The molecule has 132 valence electrons. The molecule has 3 aromatic heterocycles. The van der Waals surface area contributed by atoms with E-state index >= 15 is 0 Å². The minimum Gasteiger partial charge on any atom is -0.322 e. The summed E-state index contributed by atoms with van der Waals surface area (Å²) >= 11 is 0. The Kier molecular flexibility index (Phi) is 4.28. The van der Waals surface area contributed by atoms with Crippen LogP contribution in [0, 0.1) is 0 Å². The second kappa shape index (κ2) is 7.04. The molecule has 4 aromatic rings. The van der Waals surface area contributed by atoms with Gasteiger partial charge in [-0.05, 0) is 48.5 Å². The van der Waals surface area contributed by atoms with Crippen LogP contribution >= 0.6 is 0 Å². The maximum atomic E-state index is 12.4. The molecule has 0 spiro atoms. The first-order valence-corrected chi connectivity index (χ1v) is 8.13. The Labute approximate surface area is 153 Å². The molecule has 0 unspecified atom stereocenters. The number of hydrogen-bond donors (Lipinski definition) is 2. The van der Waals surface area contributed by atoms with Crippen LogP contribution in [0.5, 0.6) is 0 Å². The van der Waals surface area contributed by atoms with Crippen LogP contribution in [0.2, 0.25) is 0 Å². The standard InChI is InChI=1S/C19H14N6O2/c26-17(14-8-10-20-11-9-14)21-15-6-4-13(5-7-15)18(27)22-19-24-23-16-3-1-2-12-25(16)19/h1-12H,(H,21,26)(H,22,24,27). The lowest BCUT2D eigenvalue weighted by molar-refractivity contribution is 0.101. The van der Waals surface area contributed by atoms with E-state index in [9.17, 15) is 9.59 Å². The van der Waals surface area contributed by atoms with E-state index in [-0.39, 0.29) is 11.8 Å². The number of anilines is 2. The lowest BCUT2D eigenvalue weighted by Crippen LogP contribution is -2.15. The molecule has 0 bridgehead atoms. The molecule has 0 radical (unpaired) electrons. The van der Waals surface area contributed by atoms with Gasteiger partial charge in [-0.25, -0.2) is 0 Å². The molecule has 4 rings (SSSR count). The van der Waals surface area contributed by atoms with Crippen molar-refractivity contribution in [2.24, 2.45) is 0 Å². The average Bonchev–Trinajstić information content (AvgIpc) is 3.12. The fourth-order valence-electron chi connectivity index (χ4n) is 2.51. The van der Waals surface area contributed by atoms with Crippen LogP contribution in [0.1, 0.15) is 20.7 Å². The lowest BCUT2D eigenvalue weighted by atomic mass is 10.2. The van der Waals surface area contributed by atoms with Gasteiger partial charge in [-0.15, -0.1) is 10.2 Å². The Morgan fingerprint density at radius 3 is 2.26 bits per heavy atom. The monoisotopic (exact) mass is 358 g/mol. The highest BCUT2D eigenvalue weighted by molar-refractivity contribution is 6.05. The summed E-state index contributed by atoms with van der Waals surface area (Å²) in [6, 6.07) is 15.3. The van der Waals surface area contributed by atoms with Gasteiger partial charge in [0.2, 0.25) is 5.95 Å². The summed E-state index contributed by atoms with van der Waals surface area (Å²) in [4.78, 5) is 28.4. The van der Waals surface area contributed by atoms with Crippen LogP contribution < -0.4 is 10.6 Å². The second-order valence-corrected chi connectivity index (χ2v) is 5.67. The highest BCUT2D eigenvalue weighted by atomic mass is 16.2. The van der Waals surface area contributed by atoms with E-state index in [2.05, 4.69) is 25.8 Å². The molecule has 0 saturated heterocycles. The van der Waals surface area contributed by atoms with E-state index in [4.69, 9.17) is 0 Å². The quantitative estimate of drug-likeness (QED) is 0.584. The molecule has 2 N–H and O–H groups in total. The van der Waals surface area contributed by atoms with Crippen molar-refractivity contribution < 1.29 is 9.59 Å². The molecule has 27 heavy (non-hydrogen) atoms. The third-order valence-electron chi connectivity index (χ3n) is 3.89. The third kappa shape index (κ3) is 3.49. The number of aromatic nitrogens is 4. The molecular formula is C19H14N6O2. The van der Waals surface area contributed by atoms with E-state index in [0.29, 0.717) is 28.4 Å². The molecule has 0 aliphatic heterocycles. The number of amides is 2. The average molecular weight is 358 g/mol. The van der Waals surface area contributed by atoms with E-state index in [1.54, 1.807) is 65.5 Å². The van der Waals surface area contributed by atoms with Gasteiger partial charge < -0.3 is 5.32 Å². The molecule has 0 fully saturated rings. The zero-order valence-corrected chi connectivity index (χ0v) is 14.0. The Morgan fingerprint density at radius 2 is 1.48 bits per heavy atom. The van der Waals surface area contributed by atoms with Crippen molar-refractivity contribution in [1.29, 1.82) is 0 Å². The van der Waals surface area contributed by atoms with Crippen LogP contribution in [-0.2, 0) is 0 Å². The van der Waals surface area contributed by atoms with E-state index in [1.807, 2.05) is 12.1 Å². The van der Waals surface area contributed by atoms with E-state index in [0.717, 1.165) is 0 Å². The molecule has 1 aromatic carbocycles. The van der Waals surface area contributed by atoms with Crippen LogP contribution in [0.25, 0.3) is 5.65 Å². The van der Waals surface area contributed by atoms with Gasteiger partial charge >= 0.3 is 0 Å². The molecular weight excluding hydrogens is 344 g/mol. The van der Waals surface area contributed by atoms with Gasteiger partial charge in [0.15, 0.2) is 5.65 Å². The van der Waals surface area contributed by atoms with Crippen molar-refractivity contribution in [1.82, 2.24) is 19.6 Å². The first kappa shape index (κ1) is 16.4. The number of rotatable bonds is 4. The predicted octanol–water partition coefficient (Wildman–Crippen LogP) is 2.63. The zero-order chi connectivity index (χ0) is 18.6. The summed E-state index contributed by atoms with van der Waals surface area (Å²) in [6.07, 6.45) is 4.87. The predicted molar refractivity (Wildman–Crippen MR) is 99.6 cm³/mol. The maximum absolute atomic E-state index is 12.4. The molecule has 0 atom stereocenters. The summed E-state index contributed by atoms with van der Waals surface area (Å²) in [5.41, 5.74) is 2.17. The van der Waals surface area contributed by atoms with Crippen molar-refractivity contribution in [3.8, 4) is 0 Å². The first-order chi connectivity index (χ1) is 13.2. The fourth-order valence-corrected chi connectivity index (χ4v) is 2.51. The third-order valence-corrected chi connectivity index (χ3v) is 3.89. The second-order valence-electron chi connectivity index (χ2n) is 5.67. The highest BCUT2D eigenvalue weighted by Gasteiger charge is 2.11. The Balaban J connectivity index is 1.45. The molecule has 0 saturated carbocycles. The van der Waals surface area contributed by atoms with Crippen molar-refractivity contribution >= 4 is 29.1 Å². The number of nitrogens with one attached hydrogen (secondary N) is 2. The van der Waals surface area contributed by atoms with Crippen molar-refractivity contribution in [2.75, 3.05) is 10.6 Å². The number of hydrogen-bond acceptors (Lipinski definition) is 5.